The first-order valence-electron chi connectivity index (χ1n) is 11.2. The first-order chi connectivity index (χ1) is 18.1. The van der Waals surface area contributed by atoms with Crippen molar-refractivity contribution in [2.75, 3.05) is 5.73 Å². The van der Waals surface area contributed by atoms with E-state index in [9.17, 15) is 18.0 Å². The van der Waals surface area contributed by atoms with Gasteiger partial charge in [-0.05, 0) is 36.2 Å². The fourth-order valence-electron chi connectivity index (χ4n) is 3.50. The third-order valence-electron chi connectivity index (χ3n) is 5.33. The lowest BCUT2D eigenvalue weighted by molar-refractivity contribution is -0.198. The molecule has 0 aliphatic rings. The minimum absolute atomic E-state index is 0.106. The Morgan fingerprint density at radius 1 is 1.00 bits per heavy atom. The summed E-state index contributed by atoms with van der Waals surface area (Å²) in [6.45, 7) is 0. The summed E-state index contributed by atoms with van der Waals surface area (Å²) in [5.41, 5.74) is 12.5. The molecule has 0 saturated carbocycles. The van der Waals surface area contributed by atoms with Gasteiger partial charge in [-0.3, -0.25) is 9.78 Å². The number of aromatic nitrogens is 3. The highest BCUT2D eigenvalue weighted by Crippen LogP contribution is 2.38. The molecule has 0 spiro atoms. The van der Waals surface area contributed by atoms with Gasteiger partial charge < -0.3 is 26.0 Å². The monoisotopic (exact) mass is 525 g/mol. The van der Waals surface area contributed by atoms with Gasteiger partial charge in [0.2, 0.25) is 17.9 Å². The molecule has 0 amide bonds. The first-order valence-corrected chi connectivity index (χ1v) is 11.2. The maximum absolute atomic E-state index is 14.0. The van der Waals surface area contributed by atoms with Crippen LogP contribution < -0.4 is 20.9 Å². The van der Waals surface area contributed by atoms with Crippen LogP contribution in [0.15, 0.2) is 79.1 Å². The number of halogens is 3. The fraction of sp³-hybridized carbons (Fsp3) is 0.154. The highest BCUT2D eigenvalue weighted by Gasteiger charge is 2.43. The van der Waals surface area contributed by atoms with E-state index in [4.69, 9.17) is 26.0 Å². The van der Waals surface area contributed by atoms with Gasteiger partial charge >= 0.3 is 12.1 Å². The van der Waals surface area contributed by atoms with Crippen LogP contribution in [0.25, 0.3) is 11.3 Å². The number of carbonyl (C=O) groups is 1. The Morgan fingerprint density at radius 3 is 2.32 bits per heavy atom. The van der Waals surface area contributed by atoms with E-state index in [1.807, 2.05) is 0 Å². The Balaban J connectivity index is 1.54. The van der Waals surface area contributed by atoms with Crippen molar-refractivity contribution in [3.8, 4) is 28.6 Å². The van der Waals surface area contributed by atoms with Gasteiger partial charge in [-0.15, -0.1) is 0 Å². The summed E-state index contributed by atoms with van der Waals surface area (Å²) in [4.78, 5) is 22.8. The minimum atomic E-state index is -4.77. The topological polar surface area (TPSA) is 146 Å². The van der Waals surface area contributed by atoms with E-state index < -0.39 is 24.3 Å². The van der Waals surface area contributed by atoms with Gasteiger partial charge in [-0.2, -0.15) is 18.2 Å². The Labute approximate surface area is 214 Å². The summed E-state index contributed by atoms with van der Waals surface area (Å²) < 4.78 is 52.8. The lowest BCUT2D eigenvalue weighted by Gasteiger charge is -2.22. The van der Waals surface area contributed by atoms with Crippen molar-refractivity contribution >= 4 is 11.9 Å². The van der Waals surface area contributed by atoms with Gasteiger partial charge in [0.1, 0.15) is 17.5 Å². The molecule has 5 N–H and O–H groups in total. The predicted octanol–water partition coefficient (Wildman–Crippen LogP) is 4.55. The van der Waals surface area contributed by atoms with Crippen molar-refractivity contribution in [1.29, 1.82) is 0 Å². The number of nitrogen functional groups attached to an aromatic ring is 1. The number of nitrogens with two attached hydrogens (primary N) is 2. The number of pyridine rings is 1. The van der Waals surface area contributed by atoms with E-state index in [2.05, 4.69) is 15.0 Å². The SMILES string of the molecule is Nc1nc(O[C@@H](c2ccc(Oc3cccnc3)cc2)C(F)(F)F)cc(-c2ccc(CC(N)C(=O)O)cc2)n1. The van der Waals surface area contributed by atoms with E-state index in [1.54, 1.807) is 42.6 Å². The number of nitrogens with zero attached hydrogens (tertiary/aromatic N) is 3. The molecule has 0 bridgehead atoms. The molecule has 0 aliphatic carbocycles. The number of hydrogen-bond acceptors (Lipinski definition) is 8. The molecule has 9 nitrogen and oxygen atoms in total. The second kappa shape index (κ2) is 11.1. The predicted molar refractivity (Wildman–Crippen MR) is 131 cm³/mol. The second-order valence-electron chi connectivity index (χ2n) is 8.19. The number of carboxylic acid groups (broad SMARTS) is 1. The smallest absolute Gasteiger partial charge is 0.429 e. The molecule has 12 heteroatoms. The molecule has 38 heavy (non-hydrogen) atoms. The molecule has 1 unspecified atom stereocenters. The fourth-order valence-corrected chi connectivity index (χ4v) is 3.50. The van der Waals surface area contributed by atoms with Crippen LogP contribution in [0.2, 0.25) is 0 Å². The third kappa shape index (κ3) is 6.73. The van der Waals surface area contributed by atoms with Crippen molar-refractivity contribution < 1.29 is 32.5 Å². The molecule has 2 aromatic heterocycles. The normalized spacial score (nSPS) is 12.9. The number of ether oxygens (including phenoxy) is 2. The minimum Gasteiger partial charge on any atom is -0.480 e. The molecule has 0 saturated heterocycles. The van der Waals surface area contributed by atoms with Gasteiger partial charge in [0.05, 0.1) is 11.9 Å². The molecule has 0 aliphatic heterocycles. The summed E-state index contributed by atoms with van der Waals surface area (Å²) in [7, 11) is 0. The van der Waals surface area contributed by atoms with Gasteiger partial charge in [0.25, 0.3) is 0 Å². The lowest BCUT2D eigenvalue weighted by atomic mass is 10.0. The average Bonchev–Trinajstić information content (AvgIpc) is 2.88. The molecule has 2 atom stereocenters. The average molecular weight is 525 g/mol. The lowest BCUT2D eigenvalue weighted by Crippen LogP contribution is -2.32. The third-order valence-corrected chi connectivity index (χ3v) is 5.33. The second-order valence-corrected chi connectivity index (χ2v) is 8.19. The van der Waals surface area contributed by atoms with Gasteiger partial charge in [-0.1, -0.05) is 36.4 Å². The molecule has 0 fully saturated rings. The maximum Gasteiger partial charge on any atom is 0.429 e. The van der Waals surface area contributed by atoms with E-state index in [0.29, 0.717) is 22.6 Å². The molecule has 2 aromatic carbocycles. The molecule has 196 valence electrons. The first kappa shape index (κ1) is 26.4. The highest BCUT2D eigenvalue weighted by molar-refractivity contribution is 5.73. The highest BCUT2D eigenvalue weighted by atomic mass is 19.4. The van der Waals surface area contributed by atoms with Crippen LogP contribution in [0.3, 0.4) is 0 Å². The van der Waals surface area contributed by atoms with Crippen LogP contribution in [-0.2, 0) is 11.2 Å². The molecule has 4 aromatic rings. The zero-order valence-electron chi connectivity index (χ0n) is 19.7. The van der Waals surface area contributed by atoms with Crippen molar-refractivity contribution in [3.63, 3.8) is 0 Å². The molecular formula is C26H22F3N5O4. The zero-order chi connectivity index (χ0) is 27.3. The van der Waals surface area contributed by atoms with Gasteiger partial charge in [0.15, 0.2) is 0 Å². The molecule has 2 heterocycles. The van der Waals surface area contributed by atoms with Crippen molar-refractivity contribution in [2.24, 2.45) is 5.73 Å². The van der Waals surface area contributed by atoms with Crippen molar-refractivity contribution in [2.45, 2.75) is 24.7 Å². The van der Waals surface area contributed by atoms with Crippen LogP contribution in [0.1, 0.15) is 17.2 Å². The van der Waals surface area contributed by atoms with Crippen LogP contribution >= 0.6 is 0 Å². The summed E-state index contributed by atoms with van der Waals surface area (Å²) in [5, 5.41) is 8.96. The standard InChI is InChI=1S/C26H22F3N5O4/c27-26(28,29)23(17-7-9-18(10-8-17)37-19-2-1-11-32-14-19)38-22-13-21(33-25(31)34-22)16-5-3-15(4-6-16)12-20(30)24(35)36/h1-11,13-14,20,23H,12,30H2,(H,35,36)(H2,31,33,34)/t20?,23-/m0/s1. The number of carboxylic acids is 1. The Hall–Kier alpha value is -4.71. The van der Waals surface area contributed by atoms with Crippen LogP contribution in [0, 0.1) is 0 Å². The van der Waals surface area contributed by atoms with Crippen molar-refractivity contribution in [1.82, 2.24) is 15.0 Å². The van der Waals surface area contributed by atoms with Gasteiger partial charge in [0, 0.05) is 23.4 Å². The quantitative estimate of drug-likeness (QED) is 0.286. The Bertz CT molecular complexity index is 1390. The van der Waals surface area contributed by atoms with Gasteiger partial charge in [-0.25, -0.2) is 4.98 Å². The van der Waals surface area contributed by atoms with E-state index in [1.165, 1.54) is 36.5 Å². The number of hydrogen-bond donors (Lipinski definition) is 3. The van der Waals surface area contributed by atoms with E-state index >= 15 is 0 Å². The molecule has 4 rings (SSSR count). The Kier molecular flexibility index (Phi) is 7.72. The molecule has 0 radical (unpaired) electrons. The number of rotatable bonds is 9. The van der Waals surface area contributed by atoms with Crippen LogP contribution in [0.4, 0.5) is 19.1 Å². The van der Waals surface area contributed by atoms with Crippen LogP contribution in [-0.4, -0.2) is 38.2 Å². The zero-order valence-corrected chi connectivity index (χ0v) is 19.7. The van der Waals surface area contributed by atoms with E-state index in [-0.39, 0.29) is 29.5 Å². The summed E-state index contributed by atoms with van der Waals surface area (Å²) in [5.74, 6) is -1.03. The number of alkyl halides is 3. The van der Waals surface area contributed by atoms with E-state index in [0.717, 1.165) is 0 Å². The number of benzene rings is 2. The van der Waals surface area contributed by atoms with Crippen LogP contribution in [0.5, 0.6) is 17.4 Å². The van der Waals surface area contributed by atoms with Crippen molar-refractivity contribution in [3.05, 3.63) is 90.3 Å². The molecular weight excluding hydrogens is 503 g/mol. The summed E-state index contributed by atoms with van der Waals surface area (Å²) >= 11 is 0. The summed E-state index contributed by atoms with van der Waals surface area (Å²) in [6, 6.07) is 15.3. The number of anilines is 1. The Morgan fingerprint density at radius 2 is 1.71 bits per heavy atom. The largest absolute Gasteiger partial charge is 0.480 e. The summed E-state index contributed by atoms with van der Waals surface area (Å²) in [6.07, 6.45) is -3.95. The number of aliphatic carboxylic acids is 1. The maximum atomic E-state index is 14.0.